The number of fused-ring (bicyclic) bond motifs is 2. The van der Waals surface area contributed by atoms with Crippen LogP contribution in [0.15, 0.2) is 61.2 Å². The van der Waals surface area contributed by atoms with E-state index in [0.29, 0.717) is 31.0 Å². The van der Waals surface area contributed by atoms with E-state index in [2.05, 4.69) is 68.5 Å². The number of hydrogen-bond donors (Lipinski definition) is 2. The number of aryl methyl sites for hydroxylation is 2. The van der Waals surface area contributed by atoms with Gasteiger partial charge >= 0.3 is 6.09 Å². The maximum absolute atomic E-state index is 11.4. The molecule has 0 radical (unpaired) electrons. The molecule has 0 spiro atoms. The smallest absolute Gasteiger partial charge is 0.407 e. The molecule has 1 aliphatic heterocycles. The standard InChI is InChI=1S/C29H30N8O2/c1-18-12-22(6-5-21(18)13-20-4-8-25-24(14-20)32-17-35(25)3)33-28-27-23(30-16-31-28)7-9-26(34-27)37-11-10-36(29(38)39)15-19(37)2/h4-9,12,14,16-17,19H,10-11,13,15H2,1-3H3,(H,38,39)(H,30,31,33)/t19-/m0/s1. The van der Waals surface area contributed by atoms with E-state index >= 15 is 0 Å². The Balaban J connectivity index is 1.23. The van der Waals surface area contributed by atoms with E-state index in [1.165, 1.54) is 27.9 Å². The van der Waals surface area contributed by atoms with Crippen molar-refractivity contribution in [2.24, 2.45) is 7.05 Å². The van der Waals surface area contributed by atoms with Gasteiger partial charge in [-0.15, -0.1) is 0 Å². The summed E-state index contributed by atoms with van der Waals surface area (Å²) >= 11 is 0. The third-order valence-corrected chi connectivity index (χ3v) is 7.45. The third kappa shape index (κ3) is 4.81. The van der Waals surface area contributed by atoms with Crippen LogP contribution in [0.1, 0.15) is 23.6 Å². The van der Waals surface area contributed by atoms with Gasteiger partial charge in [-0.25, -0.2) is 24.7 Å². The second-order valence-electron chi connectivity index (χ2n) is 10.2. The molecule has 2 aromatic carbocycles. The lowest BCUT2D eigenvalue weighted by Gasteiger charge is -2.39. The Kier molecular flexibility index (Phi) is 6.22. The van der Waals surface area contributed by atoms with Gasteiger partial charge in [0.05, 0.1) is 22.9 Å². The fourth-order valence-corrected chi connectivity index (χ4v) is 5.27. The van der Waals surface area contributed by atoms with Gasteiger partial charge < -0.3 is 24.8 Å². The van der Waals surface area contributed by atoms with E-state index in [-0.39, 0.29) is 6.04 Å². The van der Waals surface area contributed by atoms with Crippen LogP contribution in [0.5, 0.6) is 0 Å². The van der Waals surface area contributed by atoms with Crippen LogP contribution < -0.4 is 10.2 Å². The van der Waals surface area contributed by atoms with E-state index < -0.39 is 6.09 Å². The van der Waals surface area contributed by atoms with Crippen LogP contribution in [0.4, 0.5) is 22.1 Å². The van der Waals surface area contributed by atoms with Crippen LogP contribution in [-0.4, -0.2) is 66.3 Å². The number of pyridine rings is 1. The molecule has 6 rings (SSSR count). The minimum atomic E-state index is -0.886. The lowest BCUT2D eigenvalue weighted by molar-refractivity contribution is 0.136. The fourth-order valence-electron chi connectivity index (χ4n) is 5.27. The summed E-state index contributed by atoms with van der Waals surface area (Å²) in [6.45, 7) is 5.59. The molecule has 10 heteroatoms. The molecule has 1 atom stereocenters. The number of imidazole rings is 1. The summed E-state index contributed by atoms with van der Waals surface area (Å²) in [7, 11) is 2.00. The molecule has 0 bridgehead atoms. The maximum Gasteiger partial charge on any atom is 0.407 e. The largest absolute Gasteiger partial charge is 0.465 e. The van der Waals surface area contributed by atoms with Crippen LogP contribution in [0.25, 0.3) is 22.1 Å². The molecule has 5 aromatic rings. The van der Waals surface area contributed by atoms with E-state index in [4.69, 9.17) is 4.98 Å². The first-order valence-electron chi connectivity index (χ1n) is 13.0. The van der Waals surface area contributed by atoms with Crippen molar-refractivity contribution in [3.8, 4) is 0 Å². The Morgan fingerprint density at radius 2 is 1.92 bits per heavy atom. The molecule has 10 nitrogen and oxygen atoms in total. The number of aromatic nitrogens is 5. The van der Waals surface area contributed by atoms with Gasteiger partial charge in [0, 0.05) is 38.4 Å². The number of benzene rings is 2. The van der Waals surface area contributed by atoms with Crippen molar-refractivity contribution >= 4 is 45.5 Å². The molecule has 2 N–H and O–H groups in total. The second kappa shape index (κ2) is 9.86. The van der Waals surface area contributed by atoms with Crippen molar-refractivity contribution in [1.82, 2.24) is 29.4 Å². The Labute approximate surface area is 226 Å². The number of piperazine rings is 1. The lowest BCUT2D eigenvalue weighted by atomic mass is 9.99. The molecule has 198 valence electrons. The Hall–Kier alpha value is -4.73. The van der Waals surface area contributed by atoms with Crippen LogP contribution in [0.2, 0.25) is 0 Å². The summed E-state index contributed by atoms with van der Waals surface area (Å²) in [5, 5.41) is 12.8. The molecule has 1 amide bonds. The van der Waals surface area contributed by atoms with Crippen LogP contribution in [0, 0.1) is 6.92 Å². The highest BCUT2D eigenvalue weighted by Gasteiger charge is 2.27. The minimum Gasteiger partial charge on any atom is -0.465 e. The number of carbonyl (C=O) groups is 1. The molecule has 1 fully saturated rings. The summed E-state index contributed by atoms with van der Waals surface area (Å²) in [4.78, 5) is 33.2. The van der Waals surface area contributed by atoms with Gasteiger partial charge in [0.2, 0.25) is 0 Å². The Morgan fingerprint density at radius 3 is 2.72 bits per heavy atom. The maximum atomic E-state index is 11.4. The summed E-state index contributed by atoms with van der Waals surface area (Å²) in [6.07, 6.45) is 3.32. The molecule has 0 unspecified atom stereocenters. The van der Waals surface area contributed by atoms with Gasteiger partial charge in [-0.3, -0.25) is 0 Å². The minimum absolute atomic E-state index is 0.00872. The number of amides is 1. The van der Waals surface area contributed by atoms with Gasteiger partial charge in [-0.1, -0.05) is 12.1 Å². The highest BCUT2D eigenvalue weighted by Crippen LogP contribution is 2.28. The highest BCUT2D eigenvalue weighted by atomic mass is 16.4. The molecular weight excluding hydrogens is 492 g/mol. The summed E-state index contributed by atoms with van der Waals surface area (Å²) in [5.74, 6) is 1.42. The average molecular weight is 523 g/mol. The number of rotatable bonds is 5. The van der Waals surface area contributed by atoms with Gasteiger partial charge in [0.25, 0.3) is 0 Å². The van der Waals surface area contributed by atoms with Crippen LogP contribution >= 0.6 is 0 Å². The summed E-state index contributed by atoms with van der Waals surface area (Å²) in [5.41, 5.74) is 8.12. The fraction of sp³-hybridized carbons (Fsp3) is 0.276. The predicted molar refractivity (Wildman–Crippen MR) is 152 cm³/mol. The van der Waals surface area contributed by atoms with E-state index in [9.17, 15) is 9.90 Å². The number of nitrogens with zero attached hydrogens (tertiary/aromatic N) is 7. The highest BCUT2D eigenvalue weighted by molar-refractivity contribution is 5.88. The molecule has 1 saturated heterocycles. The van der Waals surface area contributed by atoms with Crippen molar-refractivity contribution in [1.29, 1.82) is 0 Å². The summed E-state index contributed by atoms with van der Waals surface area (Å²) < 4.78 is 2.03. The second-order valence-corrected chi connectivity index (χ2v) is 10.2. The first kappa shape index (κ1) is 24.6. The first-order chi connectivity index (χ1) is 18.9. The summed E-state index contributed by atoms with van der Waals surface area (Å²) in [6, 6.07) is 16.7. The topological polar surface area (TPSA) is 112 Å². The van der Waals surface area contributed by atoms with Gasteiger partial charge in [0.1, 0.15) is 17.7 Å². The average Bonchev–Trinajstić information content (AvgIpc) is 3.30. The monoisotopic (exact) mass is 522 g/mol. The normalized spacial score (nSPS) is 15.7. The molecule has 4 heterocycles. The van der Waals surface area contributed by atoms with Crippen LogP contribution in [0.3, 0.4) is 0 Å². The van der Waals surface area contributed by atoms with Gasteiger partial charge in [-0.05, 0) is 73.4 Å². The zero-order valence-corrected chi connectivity index (χ0v) is 22.2. The molecular formula is C29H30N8O2. The zero-order chi connectivity index (χ0) is 27.1. The zero-order valence-electron chi connectivity index (χ0n) is 22.2. The van der Waals surface area contributed by atoms with Crippen molar-refractivity contribution in [3.63, 3.8) is 0 Å². The number of nitrogens with one attached hydrogen (secondary N) is 1. The van der Waals surface area contributed by atoms with Crippen molar-refractivity contribution in [2.75, 3.05) is 29.9 Å². The predicted octanol–water partition coefficient (Wildman–Crippen LogP) is 4.74. The molecule has 0 aliphatic carbocycles. The van der Waals surface area contributed by atoms with Gasteiger partial charge in [0.15, 0.2) is 5.82 Å². The number of carboxylic acid groups (broad SMARTS) is 1. The number of hydrogen-bond acceptors (Lipinski definition) is 7. The van der Waals surface area contributed by atoms with Crippen molar-refractivity contribution in [3.05, 3.63) is 77.9 Å². The van der Waals surface area contributed by atoms with Crippen molar-refractivity contribution < 1.29 is 9.90 Å². The van der Waals surface area contributed by atoms with E-state index in [0.717, 1.165) is 34.5 Å². The quantitative estimate of drug-likeness (QED) is 0.340. The molecule has 3 aromatic heterocycles. The molecule has 1 aliphatic rings. The van der Waals surface area contributed by atoms with E-state index in [1.54, 1.807) is 0 Å². The molecule has 39 heavy (non-hydrogen) atoms. The lowest BCUT2D eigenvalue weighted by Crippen LogP contribution is -2.53. The van der Waals surface area contributed by atoms with Crippen molar-refractivity contribution in [2.45, 2.75) is 26.3 Å². The number of anilines is 3. The van der Waals surface area contributed by atoms with Crippen LogP contribution in [-0.2, 0) is 13.5 Å². The SMILES string of the molecule is Cc1cc(Nc2ncnc3ccc(N4CCN(C(=O)O)C[C@@H]4C)nc23)ccc1Cc1ccc2c(c1)ncn2C. The van der Waals surface area contributed by atoms with E-state index in [1.807, 2.05) is 37.0 Å². The third-order valence-electron chi connectivity index (χ3n) is 7.45. The Morgan fingerprint density at radius 1 is 1.05 bits per heavy atom. The first-order valence-corrected chi connectivity index (χ1v) is 13.0. The Bertz CT molecular complexity index is 1700. The molecule has 0 saturated carbocycles. The van der Waals surface area contributed by atoms with Gasteiger partial charge in [-0.2, -0.15) is 0 Å².